The fourth-order valence-corrected chi connectivity index (χ4v) is 5.09. The first-order valence-corrected chi connectivity index (χ1v) is 12.1. The van der Waals surface area contributed by atoms with Crippen molar-refractivity contribution in [2.45, 2.75) is 31.7 Å². The molecular weight excluding hydrogens is 480 g/mol. The van der Waals surface area contributed by atoms with Crippen LogP contribution in [0.5, 0.6) is 11.5 Å². The summed E-state index contributed by atoms with van der Waals surface area (Å²) in [6.07, 6.45) is 6.56. The number of aromatic nitrogens is 2. The summed E-state index contributed by atoms with van der Waals surface area (Å²) >= 11 is 11.8. The highest BCUT2D eigenvalue weighted by atomic mass is 35.5. The predicted molar refractivity (Wildman–Crippen MR) is 132 cm³/mol. The van der Waals surface area contributed by atoms with Gasteiger partial charge in [0.1, 0.15) is 18.9 Å². The maximum absolute atomic E-state index is 14.6. The number of benzene rings is 2. The summed E-state index contributed by atoms with van der Waals surface area (Å²) in [5.74, 6) is 1.57. The van der Waals surface area contributed by atoms with Crippen molar-refractivity contribution in [2.24, 2.45) is 5.92 Å². The second-order valence-electron chi connectivity index (χ2n) is 8.73. The summed E-state index contributed by atoms with van der Waals surface area (Å²) in [4.78, 5) is 10.9. The predicted octanol–water partition coefficient (Wildman–Crippen LogP) is 5.59. The van der Waals surface area contributed by atoms with Crippen molar-refractivity contribution >= 4 is 45.6 Å². The van der Waals surface area contributed by atoms with Crippen LogP contribution in [0.3, 0.4) is 0 Å². The zero-order chi connectivity index (χ0) is 23.7. The second-order valence-corrected chi connectivity index (χ2v) is 9.52. The Kier molecular flexibility index (Phi) is 6.92. The Bertz CT molecular complexity index is 1200. The molecule has 0 bridgehead atoms. The topological polar surface area (TPSA) is 71.5 Å². The molecule has 2 fully saturated rings. The van der Waals surface area contributed by atoms with Gasteiger partial charge in [0, 0.05) is 24.0 Å². The molecule has 2 aromatic carbocycles. The Morgan fingerprint density at radius 1 is 1.18 bits per heavy atom. The van der Waals surface area contributed by atoms with Crippen molar-refractivity contribution in [3.8, 4) is 11.5 Å². The molecule has 1 saturated carbocycles. The van der Waals surface area contributed by atoms with Gasteiger partial charge < -0.3 is 20.1 Å². The highest BCUT2D eigenvalue weighted by molar-refractivity contribution is 6.42. The van der Waals surface area contributed by atoms with Gasteiger partial charge in [0.2, 0.25) is 0 Å². The van der Waals surface area contributed by atoms with Crippen LogP contribution < -0.4 is 20.1 Å². The Morgan fingerprint density at radius 3 is 2.88 bits per heavy atom. The summed E-state index contributed by atoms with van der Waals surface area (Å²) < 4.78 is 26.3. The Balaban J connectivity index is 1.36. The summed E-state index contributed by atoms with van der Waals surface area (Å²) in [5.41, 5.74) is 0.796. The van der Waals surface area contributed by atoms with Crippen molar-refractivity contribution < 1.29 is 13.9 Å². The van der Waals surface area contributed by atoms with Crippen LogP contribution in [0.4, 0.5) is 15.9 Å². The van der Waals surface area contributed by atoms with E-state index in [1.807, 2.05) is 6.07 Å². The third kappa shape index (κ3) is 4.73. The molecule has 1 aliphatic carbocycles. The van der Waals surface area contributed by atoms with Crippen LogP contribution in [0.2, 0.25) is 10.0 Å². The van der Waals surface area contributed by atoms with Gasteiger partial charge in [0.15, 0.2) is 17.3 Å². The fraction of sp³-hybridized carbons (Fsp3) is 0.417. The van der Waals surface area contributed by atoms with Crippen LogP contribution >= 0.6 is 23.2 Å². The molecule has 0 radical (unpaired) electrons. The molecule has 1 saturated heterocycles. The lowest BCUT2D eigenvalue weighted by Crippen LogP contribution is -2.55. The molecule has 2 atom stereocenters. The van der Waals surface area contributed by atoms with E-state index in [0.29, 0.717) is 46.9 Å². The third-order valence-electron chi connectivity index (χ3n) is 6.59. The van der Waals surface area contributed by atoms with Crippen LogP contribution in [0.25, 0.3) is 10.9 Å². The number of halogens is 3. The molecule has 10 heteroatoms. The van der Waals surface area contributed by atoms with E-state index >= 15 is 0 Å². The van der Waals surface area contributed by atoms with Gasteiger partial charge in [-0.1, -0.05) is 36.0 Å². The molecule has 3 aromatic rings. The van der Waals surface area contributed by atoms with Gasteiger partial charge in [-0.3, -0.25) is 4.90 Å². The third-order valence-corrected chi connectivity index (χ3v) is 7.37. The van der Waals surface area contributed by atoms with E-state index in [1.54, 1.807) is 13.2 Å². The molecule has 7 nitrogen and oxygen atoms in total. The van der Waals surface area contributed by atoms with E-state index in [9.17, 15) is 4.39 Å². The second kappa shape index (κ2) is 10.1. The SMILES string of the molecule is COc1cc2c(Nc3ccc(Cl)c(Cl)c3F)ncnc2cc1OCN1CNC2CCCCC2C1. The van der Waals surface area contributed by atoms with Gasteiger partial charge in [-0.15, -0.1) is 0 Å². The normalized spacial score (nSPS) is 20.7. The Hall–Kier alpha value is -2.39. The molecule has 2 unspecified atom stereocenters. The zero-order valence-electron chi connectivity index (χ0n) is 18.8. The van der Waals surface area contributed by atoms with Crippen LogP contribution in [0.1, 0.15) is 25.7 Å². The molecule has 34 heavy (non-hydrogen) atoms. The molecule has 2 aliphatic rings. The number of nitrogens with zero attached hydrogens (tertiary/aromatic N) is 3. The number of hydrogen-bond donors (Lipinski definition) is 2. The summed E-state index contributed by atoms with van der Waals surface area (Å²) in [5, 5.41) is 7.28. The lowest BCUT2D eigenvalue weighted by Gasteiger charge is -2.41. The van der Waals surface area contributed by atoms with Crippen molar-refractivity contribution in [1.29, 1.82) is 0 Å². The van der Waals surface area contributed by atoms with Crippen LogP contribution in [-0.4, -0.2) is 48.0 Å². The standard InChI is InChI=1S/C24H26Cl2FN5O2/c1-33-20-8-15-19(28-11-29-24(15)31-18-7-6-16(25)22(26)23(18)27)9-21(20)34-13-32-10-14-4-2-3-5-17(14)30-12-32/h6-9,11,14,17,30H,2-5,10,12-13H2,1H3,(H,28,29,31). The Labute approximate surface area is 207 Å². The minimum Gasteiger partial charge on any atom is -0.493 e. The lowest BCUT2D eigenvalue weighted by molar-refractivity contribution is 0.0396. The van der Waals surface area contributed by atoms with Gasteiger partial charge in [-0.05, 0) is 37.0 Å². The van der Waals surface area contributed by atoms with E-state index in [4.69, 9.17) is 32.7 Å². The number of nitrogens with one attached hydrogen (secondary N) is 2. The number of hydrogen-bond acceptors (Lipinski definition) is 7. The molecule has 2 N–H and O–H groups in total. The van der Waals surface area contributed by atoms with Gasteiger partial charge in [-0.25, -0.2) is 14.4 Å². The molecule has 2 heterocycles. The Morgan fingerprint density at radius 2 is 2.03 bits per heavy atom. The van der Waals surface area contributed by atoms with E-state index in [0.717, 1.165) is 13.2 Å². The number of methoxy groups -OCH3 is 1. The molecule has 1 aromatic heterocycles. The first-order valence-electron chi connectivity index (χ1n) is 11.4. The highest BCUT2D eigenvalue weighted by Gasteiger charge is 2.31. The van der Waals surface area contributed by atoms with E-state index < -0.39 is 5.82 Å². The average molecular weight is 506 g/mol. The van der Waals surface area contributed by atoms with E-state index in [1.165, 1.54) is 44.1 Å². The molecule has 0 spiro atoms. The van der Waals surface area contributed by atoms with Crippen molar-refractivity contribution in [1.82, 2.24) is 20.2 Å². The maximum Gasteiger partial charge on any atom is 0.166 e. The number of anilines is 2. The summed E-state index contributed by atoms with van der Waals surface area (Å²) in [6.45, 7) is 2.28. The van der Waals surface area contributed by atoms with Crippen LogP contribution in [-0.2, 0) is 0 Å². The number of fused-ring (bicyclic) bond motifs is 2. The molecule has 180 valence electrons. The minimum absolute atomic E-state index is 0.142. The van der Waals surface area contributed by atoms with Crippen LogP contribution in [0, 0.1) is 11.7 Å². The van der Waals surface area contributed by atoms with Crippen molar-refractivity contribution in [2.75, 3.05) is 32.4 Å². The first-order chi connectivity index (χ1) is 16.5. The van der Waals surface area contributed by atoms with Crippen molar-refractivity contribution in [3.63, 3.8) is 0 Å². The van der Waals surface area contributed by atoms with Gasteiger partial charge in [0.25, 0.3) is 0 Å². The largest absolute Gasteiger partial charge is 0.493 e. The van der Waals surface area contributed by atoms with Crippen molar-refractivity contribution in [3.05, 3.63) is 46.5 Å². The summed E-state index contributed by atoms with van der Waals surface area (Å²) in [7, 11) is 1.58. The molecule has 1 aliphatic heterocycles. The van der Waals surface area contributed by atoms with Crippen LogP contribution in [0.15, 0.2) is 30.6 Å². The highest BCUT2D eigenvalue weighted by Crippen LogP contribution is 2.37. The molecular formula is C24H26Cl2FN5O2. The molecule has 5 rings (SSSR count). The minimum atomic E-state index is -0.650. The first kappa shape index (κ1) is 23.4. The van der Waals surface area contributed by atoms with Gasteiger partial charge >= 0.3 is 0 Å². The molecule has 0 amide bonds. The summed E-state index contributed by atoms with van der Waals surface area (Å²) in [6, 6.07) is 7.26. The van der Waals surface area contributed by atoms with E-state index in [-0.39, 0.29) is 15.7 Å². The monoisotopic (exact) mass is 505 g/mol. The number of rotatable bonds is 6. The zero-order valence-corrected chi connectivity index (χ0v) is 20.3. The van der Waals surface area contributed by atoms with Gasteiger partial charge in [0.05, 0.1) is 35.0 Å². The van der Waals surface area contributed by atoms with Gasteiger partial charge in [-0.2, -0.15) is 0 Å². The van der Waals surface area contributed by atoms with E-state index in [2.05, 4.69) is 25.5 Å². The average Bonchev–Trinajstić information content (AvgIpc) is 2.87. The fourth-order valence-electron chi connectivity index (χ4n) is 4.78. The number of ether oxygens (including phenoxy) is 2. The quantitative estimate of drug-likeness (QED) is 0.423. The lowest BCUT2D eigenvalue weighted by atomic mass is 9.83. The smallest absolute Gasteiger partial charge is 0.166 e. The maximum atomic E-state index is 14.6.